The lowest BCUT2D eigenvalue weighted by Gasteiger charge is -2.24. The summed E-state index contributed by atoms with van der Waals surface area (Å²) in [4.78, 5) is 31.2. The van der Waals surface area contributed by atoms with Gasteiger partial charge in [-0.05, 0) is 48.2 Å². The normalized spacial score (nSPS) is 10.7. The van der Waals surface area contributed by atoms with Crippen LogP contribution in [0.5, 0.6) is 17.2 Å². The maximum atomic E-state index is 13.8. The Balaban J connectivity index is 1.81. The van der Waals surface area contributed by atoms with Crippen molar-refractivity contribution < 1.29 is 19.0 Å². The zero-order valence-corrected chi connectivity index (χ0v) is 19.5. The monoisotopic (exact) mass is 458 g/mol. The molecular weight excluding hydrogens is 432 g/mol. The summed E-state index contributed by atoms with van der Waals surface area (Å²) >= 11 is 0. The Morgan fingerprint density at radius 2 is 1.56 bits per heavy atom. The summed E-state index contributed by atoms with van der Waals surface area (Å²) in [5, 5.41) is 0.905. The second-order valence-electron chi connectivity index (χ2n) is 7.80. The van der Waals surface area contributed by atoms with Gasteiger partial charge in [-0.1, -0.05) is 36.4 Å². The number of hydrogen-bond donors (Lipinski definition) is 1. The van der Waals surface area contributed by atoms with Crippen molar-refractivity contribution in [2.24, 2.45) is 0 Å². The molecule has 0 saturated heterocycles. The Morgan fingerprint density at radius 3 is 2.18 bits per heavy atom. The van der Waals surface area contributed by atoms with Crippen molar-refractivity contribution in [2.45, 2.75) is 13.5 Å². The first kappa shape index (κ1) is 22.9. The van der Waals surface area contributed by atoms with Crippen LogP contribution >= 0.6 is 0 Å². The number of pyridine rings is 1. The van der Waals surface area contributed by atoms with Gasteiger partial charge >= 0.3 is 0 Å². The van der Waals surface area contributed by atoms with Crippen molar-refractivity contribution in [2.75, 3.05) is 26.2 Å². The van der Waals surface area contributed by atoms with Crippen LogP contribution in [0.15, 0.2) is 71.5 Å². The molecule has 3 aromatic carbocycles. The van der Waals surface area contributed by atoms with E-state index in [1.54, 1.807) is 17.0 Å². The van der Waals surface area contributed by atoms with E-state index in [2.05, 4.69) is 4.98 Å². The first-order valence-corrected chi connectivity index (χ1v) is 10.7. The molecule has 0 aliphatic carbocycles. The van der Waals surface area contributed by atoms with Gasteiger partial charge in [-0.3, -0.25) is 9.59 Å². The van der Waals surface area contributed by atoms with Crippen LogP contribution in [0, 0.1) is 6.92 Å². The summed E-state index contributed by atoms with van der Waals surface area (Å²) in [6, 6.07) is 20.1. The van der Waals surface area contributed by atoms with E-state index in [1.807, 2.05) is 61.5 Å². The lowest BCUT2D eigenvalue weighted by molar-refractivity contribution is 0.0984. The molecule has 0 radical (unpaired) electrons. The maximum Gasteiger partial charge on any atom is 0.258 e. The highest BCUT2D eigenvalue weighted by molar-refractivity contribution is 6.06. The zero-order valence-electron chi connectivity index (χ0n) is 19.5. The number of amides is 1. The Morgan fingerprint density at radius 1 is 0.882 bits per heavy atom. The number of benzene rings is 3. The lowest BCUT2D eigenvalue weighted by atomic mass is 10.1. The van der Waals surface area contributed by atoms with E-state index in [4.69, 9.17) is 14.2 Å². The first-order chi connectivity index (χ1) is 16.5. The lowest BCUT2D eigenvalue weighted by Crippen LogP contribution is -2.33. The number of methoxy groups -OCH3 is 3. The number of H-pyrrole nitrogens is 1. The Labute approximate surface area is 197 Å². The minimum atomic E-state index is -0.311. The van der Waals surface area contributed by atoms with Gasteiger partial charge in [0, 0.05) is 16.8 Å². The molecule has 174 valence electrons. The number of hydrogen-bond acceptors (Lipinski definition) is 5. The number of nitrogens with zero attached hydrogens (tertiary/aromatic N) is 1. The summed E-state index contributed by atoms with van der Waals surface area (Å²) in [5.74, 6) is 0.831. The third-order valence-electron chi connectivity index (χ3n) is 5.72. The molecule has 0 aliphatic heterocycles. The zero-order chi connectivity index (χ0) is 24.2. The Kier molecular flexibility index (Phi) is 6.54. The van der Waals surface area contributed by atoms with Crippen LogP contribution in [-0.4, -0.2) is 32.2 Å². The van der Waals surface area contributed by atoms with E-state index in [1.165, 1.54) is 21.3 Å². The molecule has 4 aromatic rings. The molecule has 0 bridgehead atoms. The molecule has 4 rings (SSSR count). The molecule has 1 N–H and O–H groups in total. The molecule has 0 spiro atoms. The minimum absolute atomic E-state index is 0.0821. The summed E-state index contributed by atoms with van der Waals surface area (Å²) < 4.78 is 16.2. The van der Waals surface area contributed by atoms with Crippen molar-refractivity contribution in [3.8, 4) is 17.2 Å². The number of aryl methyl sites for hydroxylation is 1. The number of ether oxygens (including phenoxy) is 3. The molecule has 34 heavy (non-hydrogen) atoms. The van der Waals surface area contributed by atoms with Crippen LogP contribution < -0.4 is 24.7 Å². The van der Waals surface area contributed by atoms with Crippen LogP contribution in [0.4, 0.5) is 5.69 Å². The molecule has 0 saturated carbocycles. The molecule has 1 amide bonds. The van der Waals surface area contributed by atoms with Crippen molar-refractivity contribution in [3.63, 3.8) is 0 Å². The summed E-state index contributed by atoms with van der Waals surface area (Å²) in [5.41, 5.74) is 3.01. The van der Waals surface area contributed by atoms with Gasteiger partial charge < -0.3 is 24.1 Å². The maximum absolute atomic E-state index is 13.8. The number of anilines is 1. The van der Waals surface area contributed by atoms with E-state index in [-0.39, 0.29) is 18.0 Å². The second-order valence-corrected chi connectivity index (χ2v) is 7.80. The minimum Gasteiger partial charge on any atom is -0.493 e. The molecular formula is C27H26N2O5. The van der Waals surface area contributed by atoms with Crippen molar-refractivity contribution in [1.29, 1.82) is 0 Å². The second kappa shape index (κ2) is 9.70. The summed E-state index contributed by atoms with van der Waals surface area (Å²) in [7, 11) is 4.50. The third-order valence-corrected chi connectivity index (χ3v) is 5.72. The molecule has 1 aromatic heterocycles. The fourth-order valence-electron chi connectivity index (χ4n) is 3.97. The summed E-state index contributed by atoms with van der Waals surface area (Å²) in [6.45, 7) is 2.03. The van der Waals surface area contributed by atoms with Crippen molar-refractivity contribution in [3.05, 3.63) is 93.8 Å². The first-order valence-electron chi connectivity index (χ1n) is 10.7. The molecule has 7 nitrogen and oxygen atoms in total. The van der Waals surface area contributed by atoms with E-state index in [9.17, 15) is 9.59 Å². The van der Waals surface area contributed by atoms with E-state index in [0.29, 0.717) is 34.1 Å². The van der Waals surface area contributed by atoms with Gasteiger partial charge in [-0.2, -0.15) is 0 Å². The van der Waals surface area contributed by atoms with E-state index < -0.39 is 0 Å². The number of fused-ring (bicyclic) bond motifs is 1. The van der Waals surface area contributed by atoms with Gasteiger partial charge in [0.25, 0.3) is 11.5 Å². The highest BCUT2D eigenvalue weighted by Gasteiger charge is 2.23. The standard InChI is InChI=1S/C27H26N2O5/c1-17-9-8-10-18-13-20(26(30)28-24(17)18)16-29(21-11-6-5-7-12-21)27(31)19-14-22(32-2)25(34-4)23(15-19)33-3/h5-15H,16H2,1-4H3,(H,28,30). The summed E-state index contributed by atoms with van der Waals surface area (Å²) in [6.07, 6.45) is 0. The number of rotatable bonds is 7. The average Bonchev–Trinajstić information content (AvgIpc) is 2.87. The Hall–Kier alpha value is -4.26. The molecule has 1 heterocycles. The van der Waals surface area contributed by atoms with Gasteiger partial charge in [0.05, 0.1) is 33.4 Å². The van der Waals surface area contributed by atoms with Gasteiger partial charge in [0.1, 0.15) is 0 Å². The van der Waals surface area contributed by atoms with Crippen LogP contribution in [0.25, 0.3) is 10.9 Å². The number of nitrogens with one attached hydrogen (secondary N) is 1. The average molecular weight is 459 g/mol. The van der Waals surface area contributed by atoms with Crippen LogP contribution in [0.1, 0.15) is 21.5 Å². The smallest absolute Gasteiger partial charge is 0.258 e. The van der Waals surface area contributed by atoms with Crippen molar-refractivity contribution in [1.82, 2.24) is 4.98 Å². The highest BCUT2D eigenvalue weighted by Crippen LogP contribution is 2.38. The number of aromatic amines is 1. The molecule has 0 atom stereocenters. The SMILES string of the molecule is COc1cc(C(=O)N(Cc2cc3cccc(C)c3[nH]c2=O)c2ccccc2)cc(OC)c1OC. The number of carbonyl (C=O) groups excluding carboxylic acids is 1. The molecule has 0 unspecified atom stereocenters. The van der Waals surface area contributed by atoms with Crippen molar-refractivity contribution >= 4 is 22.5 Å². The van der Waals surface area contributed by atoms with Gasteiger partial charge in [0.15, 0.2) is 11.5 Å². The van der Waals surface area contributed by atoms with E-state index in [0.717, 1.165) is 16.5 Å². The number of aromatic nitrogens is 1. The van der Waals surface area contributed by atoms with Gasteiger partial charge in [-0.15, -0.1) is 0 Å². The quantitative estimate of drug-likeness (QED) is 0.434. The number of carbonyl (C=O) groups is 1. The Bertz CT molecular complexity index is 1370. The third kappa shape index (κ3) is 4.32. The molecule has 7 heteroatoms. The predicted molar refractivity (Wildman–Crippen MR) is 132 cm³/mol. The molecule has 0 aliphatic rings. The van der Waals surface area contributed by atoms with Crippen LogP contribution in [0.3, 0.4) is 0 Å². The highest BCUT2D eigenvalue weighted by atomic mass is 16.5. The molecule has 0 fully saturated rings. The fraction of sp³-hybridized carbons (Fsp3) is 0.185. The number of para-hydroxylation sites is 2. The van der Waals surface area contributed by atoms with Gasteiger partial charge in [-0.25, -0.2) is 0 Å². The van der Waals surface area contributed by atoms with Gasteiger partial charge in [0.2, 0.25) is 5.75 Å². The van der Waals surface area contributed by atoms with E-state index >= 15 is 0 Å². The topological polar surface area (TPSA) is 80.9 Å². The fourth-order valence-corrected chi connectivity index (χ4v) is 3.97. The van der Waals surface area contributed by atoms with Crippen LogP contribution in [-0.2, 0) is 6.54 Å². The van der Waals surface area contributed by atoms with Crippen LogP contribution in [0.2, 0.25) is 0 Å². The largest absolute Gasteiger partial charge is 0.493 e. The predicted octanol–water partition coefficient (Wildman–Crippen LogP) is 4.71.